The van der Waals surface area contributed by atoms with Crippen LogP contribution in [0.25, 0.3) is 0 Å². The zero-order valence-corrected chi connectivity index (χ0v) is 13.7. The van der Waals surface area contributed by atoms with Crippen molar-refractivity contribution >= 4 is 0 Å². The normalized spacial score (nSPS) is 20.8. The molecule has 3 rings (SSSR count). The molecule has 0 radical (unpaired) electrons. The first kappa shape index (κ1) is 14.2. The summed E-state index contributed by atoms with van der Waals surface area (Å²) < 4.78 is 6.03. The van der Waals surface area contributed by atoms with Gasteiger partial charge in [-0.1, -0.05) is 31.2 Å². The molecule has 2 aromatic carbocycles. The highest BCUT2D eigenvalue weighted by atomic mass is 16.5. The first-order valence-electron chi connectivity index (χ1n) is 7.79. The van der Waals surface area contributed by atoms with Gasteiger partial charge in [0.15, 0.2) is 0 Å². The van der Waals surface area contributed by atoms with Gasteiger partial charge in [-0.25, -0.2) is 0 Å². The van der Waals surface area contributed by atoms with E-state index in [-0.39, 0.29) is 0 Å². The van der Waals surface area contributed by atoms with Gasteiger partial charge in [0.25, 0.3) is 0 Å². The molecule has 1 heteroatoms. The summed E-state index contributed by atoms with van der Waals surface area (Å²) in [5.41, 5.74) is 8.45. The predicted molar refractivity (Wildman–Crippen MR) is 88.5 cm³/mol. The van der Waals surface area contributed by atoms with Crippen molar-refractivity contribution in [1.29, 1.82) is 0 Å². The Balaban J connectivity index is 2.07. The molecule has 0 saturated heterocycles. The van der Waals surface area contributed by atoms with Crippen molar-refractivity contribution in [2.75, 3.05) is 6.61 Å². The van der Waals surface area contributed by atoms with Gasteiger partial charge in [-0.2, -0.15) is 0 Å². The molecule has 0 amide bonds. The second-order valence-corrected chi connectivity index (χ2v) is 6.40. The van der Waals surface area contributed by atoms with Gasteiger partial charge in [-0.3, -0.25) is 0 Å². The third-order valence-corrected chi connectivity index (χ3v) is 5.35. The second-order valence-electron chi connectivity index (χ2n) is 6.40. The van der Waals surface area contributed by atoms with E-state index >= 15 is 0 Å². The molecule has 0 spiro atoms. The monoisotopic (exact) mass is 280 g/mol. The molecule has 2 unspecified atom stereocenters. The number of hydrogen-bond acceptors (Lipinski definition) is 1. The van der Waals surface area contributed by atoms with E-state index in [9.17, 15) is 0 Å². The van der Waals surface area contributed by atoms with E-state index in [0.717, 1.165) is 12.4 Å². The van der Waals surface area contributed by atoms with E-state index in [1.807, 2.05) is 0 Å². The lowest BCUT2D eigenvalue weighted by Gasteiger charge is -2.33. The summed E-state index contributed by atoms with van der Waals surface area (Å²) in [6.07, 6.45) is 0. The van der Waals surface area contributed by atoms with Crippen LogP contribution in [0.3, 0.4) is 0 Å². The number of ether oxygens (including phenoxy) is 1. The van der Waals surface area contributed by atoms with Crippen molar-refractivity contribution in [2.24, 2.45) is 0 Å². The Morgan fingerprint density at radius 1 is 0.905 bits per heavy atom. The second kappa shape index (κ2) is 5.22. The van der Waals surface area contributed by atoms with E-state index in [1.54, 1.807) is 0 Å². The summed E-state index contributed by atoms with van der Waals surface area (Å²) in [7, 11) is 0. The van der Waals surface area contributed by atoms with Gasteiger partial charge in [0.05, 0.1) is 6.61 Å². The van der Waals surface area contributed by atoms with E-state index in [2.05, 4.69) is 65.0 Å². The molecule has 2 aromatic rings. The first-order valence-corrected chi connectivity index (χ1v) is 7.79. The lowest BCUT2D eigenvalue weighted by atomic mass is 9.78. The number of fused-ring (bicyclic) bond motifs is 1. The van der Waals surface area contributed by atoms with Crippen molar-refractivity contribution in [3.8, 4) is 5.75 Å². The molecule has 0 saturated carbocycles. The summed E-state index contributed by atoms with van der Waals surface area (Å²) in [6.45, 7) is 12.0. The van der Waals surface area contributed by atoms with Crippen LogP contribution in [0.5, 0.6) is 5.75 Å². The molecule has 1 aliphatic heterocycles. The Morgan fingerprint density at radius 2 is 1.62 bits per heavy atom. The van der Waals surface area contributed by atoms with Crippen LogP contribution < -0.4 is 4.74 Å². The van der Waals surface area contributed by atoms with Crippen LogP contribution in [-0.2, 0) is 0 Å². The summed E-state index contributed by atoms with van der Waals surface area (Å²) in [5, 5.41) is 0. The summed E-state index contributed by atoms with van der Waals surface area (Å²) in [6, 6.07) is 10.8. The van der Waals surface area contributed by atoms with Gasteiger partial charge in [-0.15, -0.1) is 0 Å². The Kier molecular flexibility index (Phi) is 3.52. The standard InChI is InChI=1S/C20H24O/c1-12-10-18(15(4)14(3)13(12)2)19-11-21-20-9-7-6-8-17(20)16(19)5/h6-10,16,19H,11H2,1-5H3. The topological polar surface area (TPSA) is 9.23 Å². The minimum atomic E-state index is 0.442. The van der Waals surface area contributed by atoms with Gasteiger partial charge in [0.2, 0.25) is 0 Å². The van der Waals surface area contributed by atoms with E-state index in [4.69, 9.17) is 4.74 Å². The molecule has 0 bridgehead atoms. The SMILES string of the molecule is Cc1cc(C2COc3ccccc3C2C)c(C)c(C)c1C. The molecular weight excluding hydrogens is 256 g/mol. The number of benzene rings is 2. The van der Waals surface area contributed by atoms with Crippen LogP contribution in [-0.4, -0.2) is 6.61 Å². The molecule has 0 fully saturated rings. The maximum absolute atomic E-state index is 6.03. The molecule has 0 aromatic heterocycles. The third-order valence-electron chi connectivity index (χ3n) is 5.35. The Labute approximate surface area is 128 Å². The van der Waals surface area contributed by atoms with Crippen molar-refractivity contribution in [3.63, 3.8) is 0 Å². The van der Waals surface area contributed by atoms with E-state index in [0.29, 0.717) is 11.8 Å². The number of hydrogen-bond donors (Lipinski definition) is 0. The summed E-state index contributed by atoms with van der Waals surface area (Å²) >= 11 is 0. The Hall–Kier alpha value is -1.76. The highest BCUT2D eigenvalue weighted by Gasteiger charge is 2.30. The highest BCUT2D eigenvalue weighted by molar-refractivity contribution is 5.48. The predicted octanol–water partition coefficient (Wildman–Crippen LogP) is 5.20. The van der Waals surface area contributed by atoms with Gasteiger partial charge in [-0.05, 0) is 73.1 Å². The first-order chi connectivity index (χ1) is 10.0. The lowest BCUT2D eigenvalue weighted by molar-refractivity contribution is 0.243. The quantitative estimate of drug-likeness (QED) is 0.697. The van der Waals surface area contributed by atoms with E-state index in [1.165, 1.54) is 33.4 Å². The van der Waals surface area contributed by atoms with Crippen LogP contribution >= 0.6 is 0 Å². The van der Waals surface area contributed by atoms with Gasteiger partial charge < -0.3 is 4.74 Å². The molecule has 0 N–H and O–H groups in total. The van der Waals surface area contributed by atoms with Crippen molar-refractivity contribution < 1.29 is 4.74 Å². The summed E-state index contributed by atoms with van der Waals surface area (Å²) in [4.78, 5) is 0. The molecule has 1 aliphatic rings. The fourth-order valence-electron chi connectivity index (χ4n) is 3.52. The number of rotatable bonds is 1. The smallest absolute Gasteiger partial charge is 0.122 e. The summed E-state index contributed by atoms with van der Waals surface area (Å²) in [5.74, 6) is 1.99. The van der Waals surface area contributed by atoms with Crippen LogP contribution in [0.15, 0.2) is 30.3 Å². The molecule has 0 aliphatic carbocycles. The van der Waals surface area contributed by atoms with Crippen molar-refractivity contribution in [1.82, 2.24) is 0 Å². The van der Waals surface area contributed by atoms with Crippen LogP contribution in [0.2, 0.25) is 0 Å². The number of aryl methyl sites for hydroxylation is 1. The maximum atomic E-state index is 6.03. The van der Waals surface area contributed by atoms with Gasteiger partial charge in [0.1, 0.15) is 5.75 Å². The highest BCUT2D eigenvalue weighted by Crippen LogP contribution is 2.43. The van der Waals surface area contributed by atoms with Crippen LogP contribution in [0, 0.1) is 27.7 Å². The minimum absolute atomic E-state index is 0.442. The van der Waals surface area contributed by atoms with Crippen molar-refractivity contribution in [2.45, 2.75) is 46.5 Å². The van der Waals surface area contributed by atoms with Crippen LogP contribution in [0.4, 0.5) is 0 Å². The molecule has 110 valence electrons. The maximum Gasteiger partial charge on any atom is 0.122 e. The van der Waals surface area contributed by atoms with Gasteiger partial charge >= 0.3 is 0 Å². The minimum Gasteiger partial charge on any atom is -0.493 e. The third kappa shape index (κ3) is 2.25. The molecule has 21 heavy (non-hydrogen) atoms. The fraction of sp³-hybridized carbons (Fsp3) is 0.400. The molecule has 1 nitrogen and oxygen atoms in total. The van der Waals surface area contributed by atoms with Crippen molar-refractivity contribution in [3.05, 3.63) is 63.7 Å². The molecular formula is C20H24O. The Morgan fingerprint density at radius 3 is 2.38 bits per heavy atom. The average Bonchev–Trinajstić information content (AvgIpc) is 2.50. The largest absolute Gasteiger partial charge is 0.493 e. The average molecular weight is 280 g/mol. The molecule has 2 atom stereocenters. The zero-order chi connectivity index (χ0) is 15.1. The Bertz CT molecular complexity index is 684. The van der Waals surface area contributed by atoms with E-state index < -0.39 is 0 Å². The number of para-hydroxylation sites is 1. The zero-order valence-electron chi connectivity index (χ0n) is 13.7. The van der Waals surface area contributed by atoms with Gasteiger partial charge in [0, 0.05) is 5.92 Å². The fourth-order valence-corrected chi connectivity index (χ4v) is 3.52. The van der Waals surface area contributed by atoms with Crippen LogP contribution in [0.1, 0.15) is 52.1 Å². The molecule has 1 heterocycles. The lowest BCUT2D eigenvalue weighted by Crippen LogP contribution is -2.23.